The minimum absolute atomic E-state index is 0.430. The molecule has 0 saturated carbocycles. The lowest BCUT2D eigenvalue weighted by atomic mass is 10.0. The number of benzene rings is 1. The first-order chi connectivity index (χ1) is 9.02. The third kappa shape index (κ3) is 6.55. The van der Waals surface area contributed by atoms with Gasteiger partial charge < -0.3 is 10.2 Å². The predicted octanol–water partition coefficient (Wildman–Crippen LogP) is 4.08. The second kappa shape index (κ2) is 8.72. The molecule has 0 aliphatic rings. The van der Waals surface area contributed by atoms with Crippen LogP contribution in [0.25, 0.3) is 0 Å². The van der Waals surface area contributed by atoms with Crippen molar-refractivity contribution in [1.82, 2.24) is 10.2 Å². The van der Waals surface area contributed by atoms with E-state index in [-0.39, 0.29) is 0 Å². The third-order valence-corrected chi connectivity index (χ3v) is 3.98. The average Bonchev–Trinajstić information content (AvgIpc) is 2.37. The highest BCUT2D eigenvalue weighted by molar-refractivity contribution is 9.10. The molecule has 3 heteroatoms. The van der Waals surface area contributed by atoms with Crippen molar-refractivity contribution in [3.63, 3.8) is 0 Å². The molecule has 0 radical (unpaired) electrons. The molecule has 1 aromatic carbocycles. The Morgan fingerprint density at radius 1 is 1.21 bits per heavy atom. The molecule has 0 fully saturated rings. The summed E-state index contributed by atoms with van der Waals surface area (Å²) in [5, 5.41) is 3.42. The fraction of sp³-hybridized carbons (Fsp3) is 0.625. The van der Waals surface area contributed by atoms with Gasteiger partial charge in [-0.25, -0.2) is 0 Å². The Balaban J connectivity index is 2.44. The van der Waals surface area contributed by atoms with Gasteiger partial charge in [-0.15, -0.1) is 0 Å². The lowest BCUT2D eigenvalue weighted by molar-refractivity contribution is 0.292. The quantitative estimate of drug-likeness (QED) is 0.774. The summed E-state index contributed by atoms with van der Waals surface area (Å²) in [5.74, 6) is 0.785. The zero-order valence-electron chi connectivity index (χ0n) is 12.6. The van der Waals surface area contributed by atoms with Crippen molar-refractivity contribution < 1.29 is 0 Å². The van der Waals surface area contributed by atoms with Gasteiger partial charge in [0.05, 0.1) is 0 Å². The molecule has 1 N–H and O–H groups in total. The second-order valence-electron chi connectivity index (χ2n) is 5.67. The number of hydrogen-bond donors (Lipinski definition) is 1. The smallest absolute Gasteiger partial charge is 0.0330 e. The third-order valence-electron chi connectivity index (χ3n) is 3.49. The Hall–Kier alpha value is -0.380. The van der Waals surface area contributed by atoms with E-state index in [1.807, 2.05) is 7.05 Å². The van der Waals surface area contributed by atoms with Crippen molar-refractivity contribution in [2.45, 2.75) is 32.7 Å². The van der Waals surface area contributed by atoms with Gasteiger partial charge in [0.15, 0.2) is 0 Å². The molecular weight excluding hydrogens is 300 g/mol. The number of nitrogens with zero attached hydrogens (tertiary/aromatic N) is 1. The van der Waals surface area contributed by atoms with E-state index < -0.39 is 0 Å². The fourth-order valence-corrected chi connectivity index (χ4v) is 2.56. The highest BCUT2D eigenvalue weighted by Crippen LogP contribution is 2.20. The molecule has 0 spiro atoms. The molecule has 19 heavy (non-hydrogen) atoms. The van der Waals surface area contributed by atoms with Crippen LogP contribution >= 0.6 is 15.9 Å². The molecule has 108 valence electrons. The van der Waals surface area contributed by atoms with Crippen LogP contribution in [0.3, 0.4) is 0 Å². The van der Waals surface area contributed by atoms with E-state index in [4.69, 9.17) is 0 Å². The number of halogens is 1. The van der Waals surface area contributed by atoms with Crippen LogP contribution in [0.4, 0.5) is 0 Å². The van der Waals surface area contributed by atoms with Crippen LogP contribution in [0.15, 0.2) is 28.7 Å². The SMILES string of the molecule is CNC(CCN(C)CCC(C)C)c1cccc(Br)c1. The maximum Gasteiger partial charge on any atom is 0.0330 e. The van der Waals surface area contributed by atoms with Gasteiger partial charge in [0.1, 0.15) is 0 Å². The van der Waals surface area contributed by atoms with E-state index in [9.17, 15) is 0 Å². The first-order valence-electron chi connectivity index (χ1n) is 7.14. The molecule has 1 rings (SSSR count). The first kappa shape index (κ1) is 16.7. The van der Waals surface area contributed by atoms with E-state index in [1.165, 1.54) is 18.5 Å². The molecule has 0 saturated heterocycles. The molecule has 1 unspecified atom stereocenters. The Bertz CT molecular complexity index is 366. The van der Waals surface area contributed by atoms with Crippen LogP contribution in [-0.2, 0) is 0 Å². The van der Waals surface area contributed by atoms with Gasteiger partial charge in [-0.3, -0.25) is 0 Å². The Kier molecular flexibility index (Phi) is 7.66. The summed E-state index contributed by atoms with van der Waals surface area (Å²) in [6, 6.07) is 9.01. The van der Waals surface area contributed by atoms with Crippen LogP contribution in [-0.4, -0.2) is 32.1 Å². The molecule has 0 amide bonds. The van der Waals surface area contributed by atoms with Crippen LogP contribution in [0.5, 0.6) is 0 Å². The topological polar surface area (TPSA) is 15.3 Å². The number of rotatable bonds is 8. The number of nitrogens with one attached hydrogen (secondary N) is 1. The maximum atomic E-state index is 3.54. The second-order valence-corrected chi connectivity index (χ2v) is 6.59. The summed E-state index contributed by atoms with van der Waals surface area (Å²) < 4.78 is 1.15. The number of hydrogen-bond acceptors (Lipinski definition) is 2. The molecule has 0 aromatic heterocycles. The van der Waals surface area contributed by atoms with Gasteiger partial charge in [-0.05, 0) is 63.6 Å². The normalized spacial score (nSPS) is 13.2. The monoisotopic (exact) mass is 326 g/mol. The summed E-state index contributed by atoms with van der Waals surface area (Å²) in [6.07, 6.45) is 2.42. The lowest BCUT2D eigenvalue weighted by Crippen LogP contribution is -2.26. The van der Waals surface area contributed by atoms with Crippen molar-refractivity contribution in [2.24, 2.45) is 5.92 Å². The van der Waals surface area contributed by atoms with Crippen LogP contribution in [0.1, 0.15) is 38.3 Å². The molecule has 0 bridgehead atoms. The van der Waals surface area contributed by atoms with Crippen LogP contribution in [0.2, 0.25) is 0 Å². The summed E-state index contributed by atoms with van der Waals surface area (Å²) in [7, 11) is 4.26. The van der Waals surface area contributed by atoms with Gasteiger partial charge in [0, 0.05) is 10.5 Å². The highest BCUT2D eigenvalue weighted by atomic mass is 79.9. The standard InChI is InChI=1S/C16H27BrN2/c1-13(2)8-10-19(4)11-9-16(18-3)14-6-5-7-15(17)12-14/h5-7,12-13,16,18H,8-11H2,1-4H3. The summed E-state index contributed by atoms with van der Waals surface area (Å²) >= 11 is 3.54. The molecule has 1 atom stereocenters. The summed E-state index contributed by atoms with van der Waals surface area (Å²) in [4.78, 5) is 2.43. The van der Waals surface area contributed by atoms with Crippen molar-refractivity contribution in [3.05, 3.63) is 34.3 Å². The van der Waals surface area contributed by atoms with Gasteiger partial charge in [0.2, 0.25) is 0 Å². The molecule has 1 aromatic rings. The minimum atomic E-state index is 0.430. The molecule has 0 heterocycles. The van der Waals surface area contributed by atoms with Gasteiger partial charge >= 0.3 is 0 Å². The largest absolute Gasteiger partial charge is 0.313 e. The molecule has 0 aliphatic heterocycles. The minimum Gasteiger partial charge on any atom is -0.313 e. The van der Waals surface area contributed by atoms with E-state index in [0.29, 0.717) is 6.04 Å². The van der Waals surface area contributed by atoms with E-state index >= 15 is 0 Å². The van der Waals surface area contributed by atoms with E-state index in [1.54, 1.807) is 0 Å². The van der Waals surface area contributed by atoms with Crippen LogP contribution in [0, 0.1) is 5.92 Å². The highest BCUT2D eigenvalue weighted by Gasteiger charge is 2.10. The van der Waals surface area contributed by atoms with Gasteiger partial charge in [0.25, 0.3) is 0 Å². The Morgan fingerprint density at radius 2 is 1.89 bits per heavy atom. The summed E-state index contributed by atoms with van der Waals surface area (Å²) in [5.41, 5.74) is 1.36. The first-order valence-corrected chi connectivity index (χ1v) is 7.93. The van der Waals surface area contributed by atoms with Gasteiger partial charge in [-0.1, -0.05) is 41.9 Å². The van der Waals surface area contributed by atoms with E-state index in [0.717, 1.165) is 23.4 Å². The molecule has 2 nitrogen and oxygen atoms in total. The lowest BCUT2D eigenvalue weighted by Gasteiger charge is -2.22. The van der Waals surface area contributed by atoms with Crippen LogP contribution < -0.4 is 5.32 Å². The van der Waals surface area contributed by atoms with Gasteiger partial charge in [-0.2, -0.15) is 0 Å². The fourth-order valence-electron chi connectivity index (χ4n) is 2.14. The zero-order chi connectivity index (χ0) is 14.3. The Labute approximate surface area is 126 Å². The zero-order valence-corrected chi connectivity index (χ0v) is 14.2. The summed E-state index contributed by atoms with van der Waals surface area (Å²) in [6.45, 7) is 6.88. The average molecular weight is 327 g/mol. The Morgan fingerprint density at radius 3 is 2.47 bits per heavy atom. The predicted molar refractivity (Wildman–Crippen MR) is 87.5 cm³/mol. The van der Waals surface area contributed by atoms with E-state index in [2.05, 4.69) is 71.3 Å². The molecule has 0 aliphatic carbocycles. The van der Waals surface area contributed by atoms with Crippen molar-refractivity contribution in [1.29, 1.82) is 0 Å². The van der Waals surface area contributed by atoms with Crippen molar-refractivity contribution in [2.75, 3.05) is 27.2 Å². The maximum absolute atomic E-state index is 3.54. The van der Waals surface area contributed by atoms with Crippen molar-refractivity contribution in [3.8, 4) is 0 Å². The molecular formula is C16H27BrN2. The van der Waals surface area contributed by atoms with Crippen molar-refractivity contribution >= 4 is 15.9 Å².